The number of benzene rings is 2. The molecule has 3 N–H and O–H groups in total. The average molecular weight is 602 g/mol. The number of aliphatic carboxylic acids is 1. The Bertz CT molecular complexity index is 1440. The molecular weight excluding hydrogens is 554 g/mol. The molecule has 0 atom stereocenters. The first-order valence-electron chi connectivity index (χ1n) is 14.9. The number of hydrogen-bond acceptors (Lipinski definition) is 5. The minimum atomic E-state index is -0.925. The van der Waals surface area contributed by atoms with E-state index in [1.54, 1.807) is 32.1 Å². The Kier molecular flexibility index (Phi) is 14.0. The zero-order chi connectivity index (χ0) is 32.0. The normalized spacial score (nSPS) is 14.1. The van der Waals surface area contributed by atoms with Crippen LogP contribution >= 0.6 is 12.6 Å². The van der Waals surface area contributed by atoms with Crippen molar-refractivity contribution in [3.63, 3.8) is 0 Å². The monoisotopic (exact) mass is 601 g/mol. The van der Waals surface area contributed by atoms with Gasteiger partial charge in [0.1, 0.15) is 5.75 Å². The molecule has 1 heterocycles. The minimum absolute atomic E-state index is 0.0783. The molecular formula is C37H47NO4S. The number of carbonyl (C=O) groups is 1. The average Bonchev–Trinajstić information content (AvgIpc) is 3.75. The molecule has 5 nitrogen and oxygen atoms in total. The van der Waals surface area contributed by atoms with Gasteiger partial charge in [-0.3, -0.25) is 4.79 Å². The topological polar surface area (TPSA) is 90.7 Å². The van der Waals surface area contributed by atoms with Gasteiger partial charge >= 0.3 is 5.97 Å². The molecule has 4 rings (SSSR count). The fourth-order valence-electron chi connectivity index (χ4n) is 4.74. The summed E-state index contributed by atoms with van der Waals surface area (Å²) in [6, 6.07) is 17.7. The molecule has 1 aliphatic carbocycles. The van der Waals surface area contributed by atoms with Crippen LogP contribution in [-0.4, -0.2) is 37.6 Å². The van der Waals surface area contributed by atoms with Crippen LogP contribution in [0.4, 0.5) is 0 Å². The molecule has 1 saturated carbocycles. The van der Waals surface area contributed by atoms with E-state index in [1.165, 1.54) is 5.56 Å². The van der Waals surface area contributed by atoms with Crippen molar-refractivity contribution < 1.29 is 20.1 Å². The number of aryl methyl sites for hydroxylation is 1. The highest BCUT2D eigenvalue weighted by Gasteiger charge is 2.42. The maximum absolute atomic E-state index is 10.4. The van der Waals surface area contributed by atoms with E-state index in [-0.39, 0.29) is 11.2 Å². The van der Waals surface area contributed by atoms with Crippen LogP contribution in [0.3, 0.4) is 0 Å². The lowest BCUT2D eigenvalue weighted by molar-refractivity contribution is -0.138. The lowest BCUT2D eigenvalue weighted by Crippen LogP contribution is -2.22. The van der Waals surface area contributed by atoms with E-state index >= 15 is 0 Å². The summed E-state index contributed by atoms with van der Waals surface area (Å²) in [5.74, 6) is 0.247. The second-order valence-electron chi connectivity index (χ2n) is 11.2. The van der Waals surface area contributed by atoms with Gasteiger partial charge in [-0.15, -0.1) is 0 Å². The van der Waals surface area contributed by atoms with Gasteiger partial charge in [-0.1, -0.05) is 75.6 Å². The Hall–Kier alpha value is -3.61. The van der Waals surface area contributed by atoms with E-state index in [9.17, 15) is 15.0 Å². The van der Waals surface area contributed by atoms with Gasteiger partial charge in [0.15, 0.2) is 0 Å². The van der Waals surface area contributed by atoms with Crippen LogP contribution in [0.15, 0.2) is 91.1 Å². The smallest absolute Gasteiger partial charge is 0.303 e. The lowest BCUT2D eigenvalue weighted by Gasteiger charge is -2.22. The molecule has 1 aromatic heterocycles. The maximum Gasteiger partial charge on any atom is 0.303 e. The Balaban J connectivity index is 0.000000496. The van der Waals surface area contributed by atoms with Gasteiger partial charge in [0, 0.05) is 11.5 Å². The molecule has 0 bridgehead atoms. The number of hydrogen-bond donors (Lipinski definition) is 4. The Morgan fingerprint density at radius 1 is 1.05 bits per heavy atom. The van der Waals surface area contributed by atoms with Gasteiger partial charge in [0.2, 0.25) is 0 Å². The molecule has 43 heavy (non-hydrogen) atoms. The van der Waals surface area contributed by atoms with Crippen molar-refractivity contribution in [2.75, 3.05) is 5.75 Å². The maximum atomic E-state index is 10.4. The highest BCUT2D eigenvalue weighted by molar-refractivity contribution is 7.80. The highest BCUT2D eigenvalue weighted by atomic mass is 32.1. The molecule has 0 amide bonds. The third-order valence-electron chi connectivity index (χ3n) is 7.28. The fraction of sp³-hybridized carbons (Fsp3) is 0.351. The number of allylic oxidation sites excluding steroid dienone is 2. The van der Waals surface area contributed by atoms with Gasteiger partial charge in [-0.25, -0.2) is 4.98 Å². The number of phenolic OH excluding ortho intramolecular Hbond substituents is 1. The Morgan fingerprint density at radius 2 is 1.74 bits per heavy atom. The van der Waals surface area contributed by atoms with E-state index < -0.39 is 11.6 Å². The standard InChI is InChI=1S/C29H31NO2.C6H10O2S.C2H6/c1-5-23(27(6-2)29(3,4)32)12-8-11-21-9-7-10-22(19-21)13-16-25-17-14-24-15-18-26(31)20-28(24)30-25;7-5(8)3-6(4-9)1-2-6;1-2/h5-7,9-10,13-20,31-32H,1-2,8,11-12H2,3-4H3;9H,1-4H2,(H,7,8);1-2H3/b16-13+,27-23-;;. The number of carboxylic acids is 1. The number of aromatic nitrogens is 1. The molecule has 1 fully saturated rings. The molecule has 0 aliphatic heterocycles. The molecule has 0 unspecified atom stereocenters. The molecule has 3 aromatic rings. The number of fused-ring (bicyclic) bond motifs is 1. The van der Waals surface area contributed by atoms with Crippen LogP contribution in [0.1, 0.15) is 76.6 Å². The van der Waals surface area contributed by atoms with Crippen LogP contribution in [0.2, 0.25) is 0 Å². The van der Waals surface area contributed by atoms with E-state index in [1.807, 2.05) is 44.2 Å². The molecule has 6 heteroatoms. The zero-order valence-corrected chi connectivity index (χ0v) is 26.9. The first-order valence-corrected chi connectivity index (χ1v) is 15.5. The van der Waals surface area contributed by atoms with Crippen LogP contribution < -0.4 is 0 Å². The summed E-state index contributed by atoms with van der Waals surface area (Å²) < 4.78 is 0. The van der Waals surface area contributed by atoms with Gasteiger partial charge in [-0.05, 0) is 104 Å². The van der Waals surface area contributed by atoms with E-state index in [4.69, 9.17) is 5.11 Å². The fourth-order valence-corrected chi connectivity index (χ4v) is 5.17. The van der Waals surface area contributed by atoms with Crippen molar-refractivity contribution in [3.05, 3.63) is 108 Å². The summed E-state index contributed by atoms with van der Waals surface area (Å²) in [4.78, 5) is 14.8. The summed E-state index contributed by atoms with van der Waals surface area (Å²) >= 11 is 4.07. The molecule has 2 aromatic carbocycles. The van der Waals surface area contributed by atoms with Crippen molar-refractivity contribution in [1.82, 2.24) is 4.98 Å². The number of nitrogens with zero attached hydrogens (tertiary/aromatic N) is 1. The van der Waals surface area contributed by atoms with Gasteiger partial charge in [0.05, 0.1) is 23.2 Å². The van der Waals surface area contributed by atoms with Crippen LogP contribution in [0, 0.1) is 5.41 Å². The molecule has 1 aliphatic rings. The summed E-state index contributed by atoms with van der Waals surface area (Å²) in [6.45, 7) is 15.3. The van der Waals surface area contributed by atoms with Crippen molar-refractivity contribution in [1.29, 1.82) is 0 Å². The summed E-state index contributed by atoms with van der Waals surface area (Å²) in [7, 11) is 0. The molecule has 0 spiro atoms. The zero-order valence-electron chi connectivity index (χ0n) is 26.0. The second kappa shape index (κ2) is 16.9. The molecule has 230 valence electrons. The number of phenols is 1. The van der Waals surface area contributed by atoms with Crippen LogP contribution in [0.5, 0.6) is 5.75 Å². The minimum Gasteiger partial charge on any atom is -0.508 e. The van der Waals surface area contributed by atoms with E-state index in [2.05, 4.69) is 61.1 Å². The SMILES string of the molecule is C=C/C(CCCc1cccc(/C=C/c2ccc3ccc(O)cc3n2)c1)=C(\C=C)C(C)(C)O.CC.O=C(O)CC1(CS)CC1. The van der Waals surface area contributed by atoms with Crippen molar-refractivity contribution in [3.8, 4) is 5.75 Å². The Morgan fingerprint density at radius 3 is 2.30 bits per heavy atom. The van der Waals surface area contributed by atoms with Crippen LogP contribution in [-0.2, 0) is 11.2 Å². The third kappa shape index (κ3) is 11.5. The quantitative estimate of drug-likeness (QED) is 0.123. The van der Waals surface area contributed by atoms with Gasteiger partial charge in [0.25, 0.3) is 0 Å². The van der Waals surface area contributed by atoms with Crippen molar-refractivity contribution in [2.45, 2.75) is 71.8 Å². The summed E-state index contributed by atoms with van der Waals surface area (Å²) in [6.07, 6.45) is 12.7. The molecule has 0 saturated heterocycles. The Labute approximate surface area is 262 Å². The lowest BCUT2D eigenvalue weighted by atomic mass is 9.90. The van der Waals surface area contributed by atoms with E-state index in [0.717, 1.165) is 71.2 Å². The number of thiol groups is 1. The van der Waals surface area contributed by atoms with E-state index in [0.29, 0.717) is 6.42 Å². The second-order valence-corrected chi connectivity index (χ2v) is 11.5. The summed E-state index contributed by atoms with van der Waals surface area (Å²) in [5, 5.41) is 29.4. The molecule has 0 radical (unpaired) electrons. The van der Waals surface area contributed by atoms with Crippen molar-refractivity contribution in [2.24, 2.45) is 5.41 Å². The van der Waals surface area contributed by atoms with Gasteiger partial charge in [-0.2, -0.15) is 12.6 Å². The third-order valence-corrected chi connectivity index (χ3v) is 7.95. The van der Waals surface area contributed by atoms with Crippen molar-refractivity contribution >= 4 is 41.7 Å². The van der Waals surface area contributed by atoms with Crippen LogP contribution in [0.25, 0.3) is 23.1 Å². The summed E-state index contributed by atoms with van der Waals surface area (Å²) in [5.41, 5.74) is 5.02. The number of aliphatic hydroxyl groups is 1. The first kappa shape index (κ1) is 35.6. The first-order chi connectivity index (χ1) is 20.5. The predicted octanol–water partition coefficient (Wildman–Crippen LogP) is 9.07. The number of carboxylic acid groups (broad SMARTS) is 1. The number of pyridine rings is 1. The number of aromatic hydroxyl groups is 1. The van der Waals surface area contributed by atoms with Gasteiger partial charge < -0.3 is 15.3 Å². The highest BCUT2D eigenvalue weighted by Crippen LogP contribution is 2.49. The number of rotatable bonds is 12. The predicted molar refractivity (Wildman–Crippen MR) is 185 cm³/mol. The largest absolute Gasteiger partial charge is 0.508 e.